The smallest absolute Gasteiger partial charge is 0.247 e. The summed E-state index contributed by atoms with van der Waals surface area (Å²) in [4.78, 5) is 4.84. The highest BCUT2D eigenvalue weighted by atomic mass is 35.5. The van der Waals surface area contributed by atoms with Crippen LogP contribution in [0.25, 0.3) is 11.0 Å². The van der Waals surface area contributed by atoms with Crippen LogP contribution >= 0.6 is 11.6 Å². The summed E-state index contributed by atoms with van der Waals surface area (Å²) in [7, 11) is -0.384. The summed E-state index contributed by atoms with van der Waals surface area (Å²) in [5.41, 5.74) is 1.85. The second-order valence-corrected chi connectivity index (χ2v) is 8.88. The lowest BCUT2D eigenvalue weighted by molar-refractivity contribution is 0.369. The molecule has 6 nitrogen and oxygen atoms in total. The lowest BCUT2D eigenvalue weighted by Crippen LogP contribution is -2.32. The molecule has 1 aromatic heterocycles. The summed E-state index contributed by atoms with van der Waals surface area (Å²) in [6.07, 6.45) is 1.51. The molecule has 0 aliphatic carbocycles. The second kappa shape index (κ2) is 6.82. The van der Waals surface area contributed by atoms with Crippen LogP contribution in [0.3, 0.4) is 0 Å². The summed E-state index contributed by atoms with van der Waals surface area (Å²) in [5.74, 6) is 1.00. The van der Waals surface area contributed by atoms with Crippen molar-refractivity contribution < 1.29 is 13.2 Å². The minimum absolute atomic E-state index is 0.125. The van der Waals surface area contributed by atoms with E-state index in [1.807, 2.05) is 35.9 Å². The molecule has 0 saturated carbocycles. The molecule has 142 valence electrons. The second-order valence-electron chi connectivity index (χ2n) is 6.59. The van der Waals surface area contributed by atoms with Crippen molar-refractivity contribution >= 4 is 32.7 Å². The van der Waals surface area contributed by atoms with E-state index in [0.29, 0.717) is 11.6 Å². The number of hydrogen-bond acceptors (Lipinski definition) is 4. The molecule has 8 heteroatoms. The standard InChI is InChI=1S/C19H20ClN3O3S/c1-22-15-7-4-3-6-14(15)21-19(22)16-8-5-11-23(16)27(24,25)18-10-9-13(20)12-17(18)26-2/h3-4,6-7,9-10,12,16H,5,8,11H2,1-2H3. The molecule has 2 aromatic carbocycles. The first-order chi connectivity index (χ1) is 12.9. The van der Waals surface area contributed by atoms with Gasteiger partial charge in [-0.1, -0.05) is 23.7 Å². The fourth-order valence-corrected chi connectivity index (χ4v) is 5.68. The van der Waals surface area contributed by atoms with E-state index >= 15 is 0 Å². The first-order valence-corrected chi connectivity index (χ1v) is 10.5. The first kappa shape index (κ1) is 18.3. The molecule has 1 atom stereocenters. The van der Waals surface area contributed by atoms with Crippen molar-refractivity contribution in [2.45, 2.75) is 23.8 Å². The van der Waals surface area contributed by atoms with Crippen LogP contribution in [0.5, 0.6) is 5.75 Å². The van der Waals surface area contributed by atoms with E-state index in [2.05, 4.69) is 0 Å². The summed E-state index contributed by atoms with van der Waals surface area (Å²) >= 11 is 5.99. The number of para-hydroxylation sites is 2. The number of hydrogen-bond donors (Lipinski definition) is 0. The number of ether oxygens (including phenoxy) is 1. The minimum atomic E-state index is -3.75. The van der Waals surface area contributed by atoms with Crippen molar-refractivity contribution in [3.63, 3.8) is 0 Å². The Morgan fingerprint density at radius 2 is 2.00 bits per heavy atom. The molecule has 1 aliphatic heterocycles. The Bertz CT molecular complexity index is 1110. The molecule has 4 rings (SSSR count). The number of methoxy groups -OCH3 is 1. The van der Waals surface area contributed by atoms with E-state index in [1.54, 1.807) is 6.07 Å². The Hall–Kier alpha value is -2.09. The Balaban J connectivity index is 1.80. The zero-order chi connectivity index (χ0) is 19.2. The highest BCUT2D eigenvalue weighted by Crippen LogP contribution is 2.39. The Morgan fingerprint density at radius 3 is 2.74 bits per heavy atom. The maximum absolute atomic E-state index is 13.4. The molecule has 1 aliphatic rings. The number of nitrogens with zero attached hydrogens (tertiary/aromatic N) is 3. The number of rotatable bonds is 4. The number of imidazole rings is 1. The van der Waals surface area contributed by atoms with Crippen molar-refractivity contribution in [2.24, 2.45) is 7.05 Å². The van der Waals surface area contributed by atoms with Gasteiger partial charge in [0, 0.05) is 24.7 Å². The van der Waals surface area contributed by atoms with Gasteiger partial charge in [-0.2, -0.15) is 4.31 Å². The van der Waals surface area contributed by atoms with Gasteiger partial charge in [0.05, 0.1) is 24.2 Å². The largest absolute Gasteiger partial charge is 0.495 e. The average Bonchev–Trinajstić information content (AvgIpc) is 3.27. The summed E-state index contributed by atoms with van der Waals surface area (Å²) < 4.78 is 35.6. The molecule has 27 heavy (non-hydrogen) atoms. The predicted octanol–water partition coefficient (Wildman–Crippen LogP) is 3.76. The molecule has 0 N–H and O–H groups in total. The molecular weight excluding hydrogens is 386 g/mol. The van der Waals surface area contributed by atoms with Gasteiger partial charge >= 0.3 is 0 Å². The van der Waals surface area contributed by atoms with Crippen LogP contribution in [-0.2, 0) is 17.1 Å². The van der Waals surface area contributed by atoms with Gasteiger partial charge in [-0.05, 0) is 37.1 Å². The molecule has 0 bridgehead atoms. The molecule has 1 saturated heterocycles. The lowest BCUT2D eigenvalue weighted by atomic mass is 10.2. The lowest BCUT2D eigenvalue weighted by Gasteiger charge is -2.24. The van der Waals surface area contributed by atoms with Crippen LogP contribution in [0, 0.1) is 0 Å². The normalized spacial score (nSPS) is 18.3. The summed E-state index contributed by atoms with van der Waals surface area (Å²) in [5, 5.41) is 0.430. The van der Waals surface area contributed by atoms with E-state index in [9.17, 15) is 8.42 Å². The number of sulfonamides is 1. The minimum Gasteiger partial charge on any atom is -0.495 e. The molecular formula is C19H20ClN3O3S. The van der Waals surface area contributed by atoms with Gasteiger partial charge in [-0.3, -0.25) is 0 Å². The zero-order valence-corrected chi connectivity index (χ0v) is 16.7. The topological polar surface area (TPSA) is 64.4 Å². The number of benzene rings is 2. The molecule has 2 heterocycles. The Morgan fingerprint density at radius 1 is 1.22 bits per heavy atom. The monoisotopic (exact) mass is 405 g/mol. The quantitative estimate of drug-likeness (QED) is 0.662. The molecule has 1 unspecified atom stereocenters. The number of aromatic nitrogens is 2. The third kappa shape index (κ3) is 2.99. The van der Waals surface area contributed by atoms with Gasteiger partial charge in [0.2, 0.25) is 10.0 Å². The van der Waals surface area contributed by atoms with Gasteiger partial charge in [-0.25, -0.2) is 13.4 Å². The Labute approximate surface area is 163 Å². The van der Waals surface area contributed by atoms with Crippen LogP contribution in [0.2, 0.25) is 5.02 Å². The van der Waals surface area contributed by atoms with Gasteiger partial charge in [-0.15, -0.1) is 0 Å². The summed E-state index contributed by atoms with van der Waals surface area (Å²) in [6, 6.07) is 12.1. The van der Waals surface area contributed by atoms with Crippen LogP contribution in [0.4, 0.5) is 0 Å². The SMILES string of the molecule is COc1cc(Cl)ccc1S(=O)(=O)N1CCCC1c1nc2ccccc2n1C. The molecule has 0 spiro atoms. The van der Waals surface area contributed by atoms with Crippen molar-refractivity contribution in [2.75, 3.05) is 13.7 Å². The van der Waals surface area contributed by atoms with Crippen molar-refractivity contribution in [3.05, 3.63) is 53.3 Å². The van der Waals surface area contributed by atoms with Gasteiger partial charge in [0.15, 0.2) is 0 Å². The van der Waals surface area contributed by atoms with Crippen LogP contribution in [-0.4, -0.2) is 35.9 Å². The van der Waals surface area contributed by atoms with E-state index in [4.69, 9.17) is 21.3 Å². The molecule has 3 aromatic rings. The van der Waals surface area contributed by atoms with E-state index < -0.39 is 10.0 Å². The van der Waals surface area contributed by atoms with Crippen LogP contribution in [0.1, 0.15) is 24.7 Å². The van der Waals surface area contributed by atoms with Crippen LogP contribution < -0.4 is 4.74 Å². The first-order valence-electron chi connectivity index (χ1n) is 8.70. The van der Waals surface area contributed by atoms with E-state index in [-0.39, 0.29) is 16.7 Å². The average molecular weight is 406 g/mol. The molecule has 0 radical (unpaired) electrons. The van der Waals surface area contributed by atoms with Crippen molar-refractivity contribution in [1.82, 2.24) is 13.9 Å². The maximum Gasteiger partial charge on any atom is 0.247 e. The molecule has 0 amide bonds. The van der Waals surface area contributed by atoms with Crippen LogP contribution in [0.15, 0.2) is 47.4 Å². The van der Waals surface area contributed by atoms with Gasteiger partial charge in [0.25, 0.3) is 0 Å². The van der Waals surface area contributed by atoms with Crippen molar-refractivity contribution in [3.8, 4) is 5.75 Å². The fourth-order valence-electron chi connectivity index (χ4n) is 3.73. The van der Waals surface area contributed by atoms with E-state index in [0.717, 1.165) is 29.7 Å². The van der Waals surface area contributed by atoms with Crippen molar-refractivity contribution in [1.29, 1.82) is 0 Å². The number of halogens is 1. The van der Waals surface area contributed by atoms with Gasteiger partial charge in [0.1, 0.15) is 16.5 Å². The highest BCUT2D eigenvalue weighted by Gasteiger charge is 2.39. The fraction of sp³-hybridized carbons (Fsp3) is 0.316. The Kier molecular flexibility index (Phi) is 4.61. The highest BCUT2D eigenvalue weighted by molar-refractivity contribution is 7.89. The molecule has 1 fully saturated rings. The zero-order valence-electron chi connectivity index (χ0n) is 15.1. The third-order valence-corrected chi connectivity index (χ3v) is 7.22. The van der Waals surface area contributed by atoms with Gasteiger partial charge < -0.3 is 9.30 Å². The summed E-state index contributed by atoms with van der Waals surface area (Å²) in [6.45, 7) is 0.446. The van der Waals surface area contributed by atoms with E-state index in [1.165, 1.54) is 23.5 Å². The maximum atomic E-state index is 13.4. The number of aryl methyl sites for hydroxylation is 1. The number of fused-ring (bicyclic) bond motifs is 1. The third-order valence-electron chi connectivity index (χ3n) is 5.04. The predicted molar refractivity (Wildman–Crippen MR) is 105 cm³/mol.